The Bertz CT molecular complexity index is 2140. The van der Waals surface area contributed by atoms with Crippen molar-refractivity contribution in [3.8, 4) is 11.1 Å². The molecule has 3 nitrogen and oxygen atoms in total. The van der Waals surface area contributed by atoms with Gasteiger partial charge >= 0.3 is 0 Å². The third-order valence-electron chi connectivity index (χ3n) is 9.19. The van der Waals surface area contributed by atoms with Gasteiger partial charge in [0.15, 0.2) is 0 Å². The molecule has 9 rings (SSSR count). The van der Waals surface area contributed by atoms with Gasteiger partial charge in [-0.1, -0.05) is 140 Å². The number of pyridine rings is 1. The average Bonchev–Trinajstić information content (AvgIpc) is 3.47. The highest BCUT2D eigenvalue weighted by Gasteiger charge is 2.39. The maximum absolute atomic E-state index is 5.36. The molecule has 7 aromatic rings. The number of nitrogens with one attached hydrogen (secondary N) is 1. The molecule has 3 heteroatoms. The molecular weight excluding hydrogens is 522 g/mol. The van der Waals surface area contributed by atoms with Crippen LogP contribution >= 0.6 is 0 Å². The molecule has 1 fully saturated rings. The summed E-state index contributed by atoms with van der Waals surface area (Å²) in [6.45, 7) is 0. The summed E-state index contributed by atoms with van der Waals surface area (Å²) in [6, 6.07) is 46.6. The predicted molar refractivity (Wildman–Crippen MR) is 180 cm³/mol. The van der Waals surface area contributed by atoms with Crippen LogP contribution in [0.5, 0.6) is 0 Å². The maximum Gasteiger partial charge on any atom is 0.107 e. The highest BCUT2D eigenvalue weighted by atomic mass is 15.4. The van der Waals surface area contributed by atoms with Gasteiger partial charge in [0, 0.05) is 32.8 Å². The molecular formula is C40H29N3. The number of para-hydroxylation sites is 1. The van der Waals surface area contributed by atoms with Gasteiger partial charge in [-0.3, -0.25) is 5.32 Å². The summed E-state index contributed by atoms with van der Waals surface area (Å²) in [5, 5.41) is 11.0. The summed E-state index contributed by atoms with van der Waals surface area (Å²) in [7, 11) is 0. The standard InChI is InChI=1S/C40H29N3/c1-2-12-30(13-3-1)43-36-17-9-8-16-35(36)41-40(43)29-20-18-28(19-21-29)37-33-24-22-26-10-4-6-14-31(26)38(33)42-39-32-15-7-5-11-27(32)23-25-34(37)39/h1-25,35-36,40-41H. The third kappa shape index (κ3) is 3.82. The zero-order valence-corrected chi connectivity index (χ0v) is 23.6. The van der Waals surface area contributed by atoms with Crippen LogP contribution in [0.1, 0.15) is 11.7 Å². The number of fused-ring (bicyclic) bond motifs is 7. The van der Waals surface area contributed by atoms with Crippen molar-refractivity contribution in [2.45, 2.75) is 18.2 Å². The molecule has 0 bridgehead atoms. The Labute approximate surface area is 250 Å². The summed E-state index contributed by atoms with van der Waals surface area (Å²) in [5.74, 6) is 0. The quantitative estimate of drug-likeness (QED) is 0.175. The molecule has 204 valence electrons. The molecule has 43 heavy (non-hydrogen) atoms. The molecule has 3 atom stereocenters. The molecule has 2 aliphatic rings. The Morgan fingerprint density at radius 3 is 1.81 bits per heavy atom. The fraction of sp³-hybridized carbons (Fsp3) is 0.0750. The first-order valence-corrected chi connectivity index (χ1v) is 15.0. The van der Waals surface area contributed by atoms with E-state index < -0.39 is 0 Å². The smallest absolute Gasteiger partial charge is 0.107 e. The summed E-state index contributed by atoms with van der Waals surface area (Å²) >= 11 is 0. The maximum atomic E-state index is 5.36. The lowest BCUT2D eigenvalue weighted by atomic mass is 9.92. The number of anilines is 1. The molecule has 0 saturated carbocycles. The van der Waals surface area contributed by atoms with E-state index in [-0.39, 0.29) is 18.2 Å². The minimum atomic E-state index is 0.0673. The number of benzene rings is 6. The van der Waals surface area contributed by atoms with Crippen LogP contribution in [0, 0.1) is 0 Å². The summed E-state index contributed by atoms with van der Waals surface area (Å²) in [6.07, 6.45) is 8.97. The van der Waals surface area contributed by atoms with Crippen molar-refractivity contribution in [3.05, 3.63) is 157 Å². The minimum absolute atomic E-state index is 0.0673. The van der Waals surface area contributed by atoms with Crippen LogP contribution in [-0.2, 0) is 0 Å². The van der Waals surface area contributed by atoms with Crippen molar-refractivity contribution in [2.75, 3.05) is 4.90 Å². The molecule has 1 N–H and O–H groups in total. The van der Waals surface area contributed by atoms with Crippen molar-refractivity contribution in [1.29, 1.82) is 0 Å². The van der Waals surface area contributed by atoms with Crippen molar-refractivity contribution >= 4 is 49.0 Å². The first-order chi connectivity index (χ1) is 21.3. The van der Waals surface area contributed by atoms with Gasteiger partial charge in [-0.05, 0) is 34.0 Å². The predicted octanol–water partition coefficient (Wildman–Crippen LogP) is 9.33. The van der Waals surface area contributed by atoms with E-state index in [1.165, 1.54) is 54.7 Å². The second-order valence-corrected chi connectivity index (χ2v) is 11.6. The van der Waals surface area contributed by atoms with Crippen molar-refractivity contribution in [3.63, 3.8) is 0 Å². The van der Waals surface area contributed by atoms with Gasteiger partial charge in [0.1, 0.15) is 6.17 Å². The van der Waals surface area contributed by atoms with E-state index in [1.54, 1.807) is 0 Å². The van der Waals surface area contributed by atoms with Crippen LogP contribution in [0.3, 0.4) is 0 Å². The van der Waals surface area contributed by atoms with Crippen LogP contribution in [0.15, 0.2) is 152 Å². The van der Waals surface area contributed by atoms with Crippen molar-refractivity contribution < 1.29 is 0 Å². The Hall–Kier alpha value is -5.25. The summed E-state index contributed by atoms with van der Waals surface area (Å²) in [5.41, 5.74) is 7.02. The van der Waals surface area contributed by atoms with Gasteiger partial charge in [-0.2, -0.15) is 0 Å². The normalized spacial score (nSPS) is 19.5. The number of hydrogen-bond donors (Lipinski definition) is 1. The lowest BCUT2D eigenvalue weighted by molar-refractivity contribution is 0.610. The molecule has 1 aliphatic carbocycles. The first kappa shape index (κ1) is 24.4. The highest BCUT2D eigenvalue weighted by molar-refractivity contribution is 6.21. The van der Waals surface area contributed by atoms with Crippen molar-refractivity contribution in [2.24, 2.45) is 0 Å². The van der Waals surface area contributed by atoms with Gasteiger partial charge < -0.3 is 4.90 Å². The van der Waals surface area contributed by atoms with Crippen LogP contribution in [-0.4, -0.2) is 17.1 Å². The van der Waals surface area contributed by atoms with E-state index in [0.717, 1.165) is 11.0 Å². The molecule has 1 saturated heterocycles. The van der Waals surface area contributed by atoms with Crippen LogP contribution in [0.2, 0.25) is 0 Å². The van der Waals surface area contributed by atoms with E-state index in [9.17, 15) is 0 Å². The van der Waals surface area contributed by atoms with Gasteiger partial charge in [0.05, 0.1) is 23.1 Å². The number of aromatic nitrogens is 1. The zero-order chi connectivity index (χ0) is 28.3. The van der Waals surface area contributed by atoms with Gasteiger partial charge in [-0.25, -0.2) is 4.98 Å². The van der Waals surface area contributed by atoms with E-state index in [2.05, 4.69) is 162 Å². The van der Waals surface area contributed by atoms with E-state index >= 15 is 0 Å². The Kier molecular flexibility index (Phi) is 5.47. The highest BCUT2D eigenvalue weighted by Crippen LogP contribution is 2.41. The fourth-order valence-electron chi connectivity index (χ4n) is 7.18. The van der Waals surface area contributed by atoms with Gasteiger partial charge in [0.25, 0.3) is 0 Å². The topological polar surface area (TPSA) is 28.2 Å². The second kappa shape index (κ2) is 9.65. The van der Waals surface area contributed by atoms with Crippen LogP contribution < -0.4 is 10.2 Å². The number of allylic oxidation sites excluding steroid dienone is 2. The molecule has 1 aromatic heterocycles. The third-order valence-corrected chi connectivity index (χ3v) is 9.19. The average molecular weight is 552 g/mol. The molecule has 6 aromatic carbocycles. The van der Waals surface area contributed by atoms with Crippen LogP contribution in [0.4, 0.5) is 5.69 Å². The first-order valence-electron chi connectivity index (χ1n) is 15.0. The molecule has 1 aliphatic heterocycles. The molecule has 0 spiro atoms. The second-order valence-electron chi connectivity index (χ2n) is 11.6. The van der Waals surface area contributed by atoms with Gasteiger partial charge in [-0.15, -0.1) is 0 Å². The SMILES string of the molecule is C1=CC2NC(c3ccc(-c4c5ccc6ccccc6c5nc5c4ccc4ccccc45)cc3)N(c3ccccc3)C2C=C1. The molecule has 3 unspecified atom stereocenters. The van der Waals surface area contributed by atoms with Crippen molar-refractivity contribution in [1.82, 2.24) is 10.3 Å². The number of hydrogen-bond acceptors (Lipinski definition) is 3. The lowest BCUT2D eigenvalue weighted by Crippen LogP contribution is -2.34. The Morgan fingerprint density at radius 2 is 1.14 bits per heavy atom. The monoisotopic (exact) mass is 551 g/mol. The Morgan fingerprint density at radius 1 is 0.535 bits per heavy atom. The molecule has 2 heterocycles. The van der Waals surface area contributed by atoms with Crippen LogP contribution in [0.25, 0.3) is 54.5 Å². The Balaban J connectivity index is 1.24. The summed E-state index contributed by atoms with van der Waals surface area (Å²) < 4.78 is 0. The van der Waals surface area contributed by atoms with E-state index in [0.29, 0.717) is 0 Å². The molecule has 0 radical (unpaired) electrons. The van der Waals surface area contributed by atoms with Gasteiger partial charge in [0.2, 0.25) is 0 Å². The largest absolute Gasteiger partial charge is 0.343 e. The minimum Gasteiger partial charge on any atom is -0.343 e. The number of nitrogens with zero attached hydrogens (tertiary/aromatic N) is 2. The number of rotatable bonds is 3. The zero-order valence-electron chi connectivity index (χ0n) is 23.6. The fourth-order valence-corrected chi connectivity index (χ4v) is 7.18. The summed E-state index contributed by atoms with van der Waals surface area (Å²) in [4.78, 5) is 7.87. The van der Waals surface area contributed by atoms with E-state index in [4.69, 9.17) is 4.98 Å². The molecule has 0 amide bonds. The van der Waals surface area contributed by atoms with E-state index in [1.807, 2.05) is 0 Å². The lowest BCUT2D eigenvalue weighted by Gasteiger charge is -2.31.